The molecule has 0 bridgehead atoms. The van der Waals surface area contributed by atoms with E-state index in [0.29, 0.717) is 10.0 Å². The van der Waals surface area contributed by atoms with Gasteiger partial charge in [0.25, 0.3) is 0 Å². The number of ketones is 1. The number of carbonyl (C=O) groups is 1. The van der Waals surface area contributed by atoms with Gasteiger partial charge in [0.05, 0.1) is 5.02 Å². The molecule has 0 radical (unpaired) electrons. The summed E-state index contributed by atoms with van der Waals surface area (Å²) in [5, 5.41) is 0.700. The summed E-state index contributed by atoms with van der Waals surface area (Å²) < 4.78 is 31.4. The zero-order chi connectivity index (χ0) is 15.6. The first-order chi connectivity index (χ1) is 9.88. The first kappa shape index (κ1) is 15.7. The molecule has 0 saturated carbocycles. The Morgan fingerprint density at radius 3 is 2.48 bits per heavy atom. The Morgan fingerprint density at radius 1 is 1.10 bits per heavy atom. The van der Waals surface area contributed by atoms with Gasteiger partial charge in [-0.2, -0.15) is 0 Å². The van der Waals surface area contributed by atoms with Crippen molar-refractivity contribution < 1.29 is 18.3 Å². The third kappa shape index (κ3) is 3.71. The van der Waals surface area contributed by atoms with Crippen molar-refractivity contribution in [3.63, 3.8) is 0 Å². The lowest BCUT2D eigenvalue weighted by Gasteiger charge is -2.15. The second-order valence-corrected chi connectivity index (χ2v) is 5.17. The normalized spacial score (nSPS) is 12.0. The van der Waals surface area contributed by atoms with Crippen molar-refractivity contribution in [2.45, 2.75) is 13.0 Å². The summed E-state index contributed by atoms with van der Waals surface area (Å²) >= 11 is 11.8. The molecule has 0 spiro atoms. The summed E-state index contributed by atoms with van der Waals surface area (Å²) in [4.78, 5) is 12.1. The number of Topliss-reactive ketones (excluding diaryl/α,β-unsaturated/α-hetero) is 1. The molecule has 2 aromatic rings. The van der Waals surface area contributed by atoms with Crippen LogP contribution in [0, 0.1) is 11.6 Å². The largest absolute Gasteiger partial charge is 0.481 e. The quantitative estimate of drug-likeness (QED) is 0.743. The van der Waals surface area contributed by atoms with Crippen LogP contribution in [0.1, 0.15) is 17.3 Å². The van der Waals surface area contributed by atoms with Gasteiger partial charge in [0.15, 0.2) is 17.7 Å². The first-order valence-electron chi connectivity index (χ1n) is 5.99. The number of ether oxygens (including phenoxy) is 1. The highest BCUT2D eigenvalue weighted by atomic mass is 35.5. The molecule has 1 atom stereocenters. The molecule has 0 aliphatic carbocycles. The van der Waals surface area contributed by atoms with Gasteiger partial charge < -0.3 is 4.74 Å². The Balaban J connectivity index is 2.19. The SMILES string of the molecule is CC(Oc1cc(Cl)ccc1Cl)C(=O)c1ccc(F)c(F)c1. The minimum Gasteiger partial charge on any atom is -0.481 e. The van der Waals surface area contributed by atoms with E-state index < -0.39 is 23.5 Å². The Hall–Kier alpha value is -1.65. The molecule has 0 amide bonds. The van der Waals surface area contributed by atoms with Crippen LogP contribution in [0.4, 0.5) is 8.78 Å². The van der Waals surface area contributed by atoms with Crippen LogP contribution in [0.5, 0.6) is 5.75 Å². The Bertz CT molecular complexity index is 689. The maximum Gasteiger partial charge on any atom is 0.203 e. The Labute approximate surface area is 130 Å². The van der Waals surface area contributed by atoms with Crippen LogP contribution in [-0.4, -0.2) is 11.9 Å². The maximum atomic E-state index is 13.1. The van der Waals surface area contributed by atoms with Crippen LogP contribution >= 0.6 is 23.2 Å². The molecule has 1 unspecified atom stereocenters. The molecule has 2 nitrogen and oxygen atoms in total. The molecule has 0 aliphatic heterocycles. The van der Waals surface area contributed by atoms with E-state index in [4.69, 9.17) is 27.9 Å². The average Bonchev–Trinajstić information content (AvgIpc) is 2.45. The molecule has 0 saturated heterocycles. The maximum absolute atomic E-state index is 13.1. The van der Waals surface area contributed by atoms with Gasteiger partial charge in [-0.1, -0.05) is 23.2 Å². The zero-order valence-electron chi connectivity index (χ0n) is 10.9. The second kappa shape index (κ2) is 6.41. The van der Waals surface area contributed by atoms with Crippen LogP contribution in [-0.2, 0) is 0 Å². The van der Waals surface area contributed by atoms with E-state index in [-0.39, 0.29) is 11.3 Å². The van der Waals surface area contributed by atoms with E-state index in [1.165, 1.54) is 25.1 Å². The van der Waals surface area contributed by atoms with E-state index in [1.54, 1.807) is 6.07 Å². The van der Waals surface area contributed by atoms with E-state index in [2.05, 4.69) is 0 Å². The molecule has 2 rings (SSSR count). The molecule has 110 valence electrons. The number of hydrogen-bond donors (Lipinski definition) is 0. The van der Waals surface area contributed by atoms with E-state index >= 15 is 0 Å². The minimum absolute atomic E-state index is 0.0135. The van der Waals surface area contributed by atoms with Gasteiger partial charge in [-0.25, -0.2) is 8.78 Å². The summed E-state index contributed by atoms with van der Waals surface area (Å²) in [6.07, 6.45) is -0.925. The predicted octanol–water partition coefficient (Wildman–Crippen LogP) is 4.92. The van der Waals surface area contributed by atoms with Gasteiger partial charge in [-0.15, -0.1) is 0 Å². The molecule has 0 fully saturated rings. The van der Waals surface area contributed by atoms with Gasteiger partial charge in [-0.05, 0) is 37.3 Å². The number of halogens is 4. The molecule has 0 N–H and O–H groups in total. The number of hydrogen-bond acceptors (Lipinski definition) is 2. The molecule has 0 aliphatic rings. The summed E-state index contributed by atoms with van der Waals surface area (Å²) in [5.74, 6) is -2.36. The molecule has 2 aromatic carbocycles. The minimum atomic E-state index is -1.09. The van der Waals surface area contributed by atoms with Crippen LogP contribution in [0.2, 0.25) is 10.0 Å². The van der Waals surface area contributed by atoms with Crippen molar-refractivity contribution in [2.24, 2.45) is 0 Å². The fourth-order valence-corrected chi connectivity index (χ4v) is 2.02. The number of benzene rings is 2. The Kier molecular flexibility index (Phi) is 4.80. The number of rotatable bonds is 4. The van der Waals surface area contributed by atoms with Crippen molar-refractivity contribution in [3.8, 4) is 5.75 Å². The van der Waals surface area contributed by atoms with Crippen molar-refractivity contribution in [2.75, 3.05) is 0 Å². The lowest BCUT2D eigenvalue weighted by Crippen LogP contribution is -2.24. The van der Waals surface area contributed by atoms with Gasteiger partial charge in [-0.3, -0.25) is 4.79 Å². The molecular formula is C15H10Cl2F2O2. The molecule has 21 heavy (non-hydrogen) atoms. The smallest absolute Gasteiger partial charge is 0.203 e. The van der Waals surface area contributed by atoms with Crippen LogP contribution in [0.3, 0.4) is 0 Å². The van der Waals surface area contributed by atoms with Crippen molar-refractivity contribution in [1.82, 2.24) is 0 Å². The lowest BCUT2D eigenvalue weighted by atomic mass is 10.1. The van der Waals surface area contributed by atoms with Gasteiger partial charge >= 0.3 is 0 Å². The van der Waals surface area contributed by atoms with Gasteiger partial charge in [0.2, 0.25) is 5.78 Å². The third-order valence-electron chi connectivity index (χ3n) is 2.77. The van der Waals surface area contributed by atoms with Crippen molar-refractivity contribution >= 4 is 29.0 Å². The Morgan fingerprint density at radius 2 is 1.81 bits per heavy atom. The topological polar surface area (TPSA) is 26.3 Å². The third-order valence-corrected chi connectivity index (χ3v) is 3.32. The summed E-state index contributed by atoms with van der Waals surface area (Å²) in [5.41, 5.74) is 0.0135. The summed E-state index contributed by atoms with van der Waals surface area (Å²) in [6.45, 7) is 1.49. The highest BCUT2D eigenvalue weighted by Gasteiger charge is 2.19. The second-order valence-electron chi connectivity index (χ2n) is 4.33. The molecule has 6 heteroatoms. The highest BCUT2D eigenvalue weighted by molar-refractivity contribution is 6.34. The van der Waals surface area contributed by atoms with Crippen LogP contribution in [0.15, 0.2) is 36.4 Å². The predicted molar refractivity (Wildman–Crippen MR) is 77.2 cm³/mol. The van der Waals surface area contributed by atoms with E-state index in [9.17, 15) is 13.6 Å². The molecule has 0 heterocycles. The molecular weight excluding hydrogens is 321 g/mol. The highest BCUT2D eigenvalue weighted by Crippen LogP contribution is 2.29. The van der Waals surface area contributed by atoms with Gasteiger partial charge in [0, 0.05) is 16.7 Å². The monoisotopic (exact) mass is 330 g/mol. The van der Waals surface area contributed by atoms with Crippen molar-refractivity contribution in [3.05, 3.63) is 63.6 Å². The van der Waals surface area contributed by atoms with Crippen molar-refractivity contribution in [1.29, 1.82) is 0 Å². The van der Waals surface area contributed by atoms with E-state index in [0.717, 1.165) is 12.1 Å². The fourth-order valence-electron chi connectivity index (χ4n) is 1.70. The van der Waals surface area contributed by atoms with Crippen LogP contribution in [0.25, 0.3) is 0 Å². The summed E-state index contributed by atoms with van der Waals surface area (Å²) in [6, 6.07) is 7.50. The molecule has 0 aromatic heterocycles. The lowest BCUT2D eigenvalue weighted by molar-refractivity contribution is 0.0817. The summed E-state index contributed by atoms with van der Waals surface area (Å²) in [7, 11) is 0. The van der Waals surface area contributed by atoms with Crippen LogP contribution < -0.4 is 4.74 Å². The zero-order valence-corrected chi connectivity index (χ0v) is 12.4. The average molecular weight is 331 g/mol. The number of carbonyl (C=O) groups excluding carboxylic acids is 1. The van der Waals surface area contributed by atoms with Gasteiger partial charge in [0.1, 0.15) is 5.75 Å². The first-order valence-corrected chi connectivity index (χ1v) is 6.75. The fraction of sp³-hybridized carbons (Fsp3) is 0.133. The van der Waals surface area contributed by atoms with E-state index in [1.807, 2.05) is 0 Å². The standard InChI is InChI=1S/C15H10Cl2F2O2/c1-8(21-14-7-10(16)3-4-11(14)17)15(20)9-2-5-12(18)13(19)6-9/h2-8H,1H3.